The van der Waals surface area contributed by atoms with Crippen LogP contribution in [0.5, 0.6) is 0 Å². The van der Waals surface area contributed by atoms with Gasteiger partial charge in [-0.15, -0.1) is 6.58 Å². The molecule has 0 aliphatic heterocycles. The largest absolute Gasteiger partial charge is 0.325 e. The van der Waals surface area contributed by atoms with Crippen LogP contribution < -0.4 is 5.56 Å². The monoisotopic (exact) mass is 238 g/mol. The van der Waals surface area contributed by atoms with Gasteiger partial charge in [-0.2, -0.15) is 0 Å². The summed E-state index contributed by atoms with van der Waals surface area (Å²) in [6.07, 6.45) is 9.52. The standard InChI is InChI=1S/C12H18N2OS/c1-2-3-4-5-6-7-9-14-10-8-11(15)13-12(14)16/h2,8,10H,1,3-7,9H2,(H,13,15,16). The minimum Gasteiger partial charge on any atom is -0.325 e. The molecule has 0 fully saturated rings. The van der Waals surface area contributed by atoms with Crippen molar-refractivity contribution in [3.63, 3.8) is 0 Å². The zero-order valence-corrected chi connectivity index (χ0v) is 10.3. The number of aromatic nitrogens is 2. The molecule has 1 rings (SSSR count). The van der Waals surface area contributed by atoms with Crippen molar-refractivity contribution in [2.75, 3.05) is 0 Å². The molecule has 1 heterocycles. The molecular formula is C12H18N2OS. The molecule has 0 aliphatic carbocycles. The maximum Gasteiger partial charge on any atom is 0.251 e. The van der Waals surface area contributed by atoms with E-state index >= 15 is 0 Å². The summed E-state index contributed by atoms with van der Waals surface area (Å²) in [5.41, 5.74) is -0.132. The average Bonchev–Trinajstić information content (AvgIpc) is 2.26. The van der Waals surface area contributed by atoms with Crippen molar-refractivity contribution in [2.24, 2.45) is 0 Å². The Morgan fingerprint density at radius 2 is 2.12 bits per heavy atom. The molecule has 3 nitrogen and oxygen atoms in total. The first kappa shape index (κ1) is 12.9. The van der Waals surface area contributed by atoms with Gasteiger partial charge in [0.15, 0.2) is 4.77 Å². The van der Waals surface area contributed by atoms with Crippen LogP contribution in [-0.4, -0.2) is 9.55 Å². The van der Waals surface area contributed by atoms with Crippen molar-refractivity contribution < 1.29 is 0 Å². The quantitative estimate of drug-likeness (QED) is 0.450. The first-order valence-electron chi connectivity index (χ1n) is 5.64. The lowest BCUT2D eigenvalue weighted by molar-refractivity contribution is 0.562. The number of nitrogens with zero attached hydrogens (tertiary/aromatic N) is 1. The molecule has 0 amide bonds. The summed E-state index contributed by atoms with van der Waals surface area (Å²) in [7, 11) is 0. The van der Waals surface area contributed by atoms with Gasteiger partial charge in [0.2, 0.25) is 0 Å². The van der Waals surface area contributed by atoms with Crippen molar-refractivity contribution in [2.45, 2.75) is 38.6 Å². The molecule has 0 spiro atoms. The molecule has 0 saturated carbocycles. The Bertz CT molecular complexity index is 433. The van der Waals surface area contributed by atoms with Gasteiger partial charge >= 0.3 is 0 Å². The van der Waals surface area contributed by atoms with E-state index in [4.69, 9.17) is 12.2 Å². The van der Waals surface area contributed by atoms with E-state index in [-0.39, 0.29) is 5.56 Å². The first-order valence-corrected chi connectivity index (χ1v) is 6.05. The van der Waals surface area contributed by atoms with E-state index in [1.54, 1.807) is 6.20 Å². The molecule has 0 unspecified atom stereocenters. The summed E-state index contributed by atoms with van der Waals surface area (Å²) in [5.74, 6) is 0. The molecule has 0 bridgehead atoms. The number of rotatable bonds is 7. The van der Waals surface area contributed by atoms with Gasteiger partial charge < -0.3 is 4.57 Å². The van der Waals surface area contributed by atoms with Crippen molar-refractivity contribution in [3.05, 3.63) is 40.0 Å². The Kier molecular flexibility index (Phi) is 5.78. The number of allylic oxidation sites excluding steroid dienone is 1. The minimum atomic E-state index is -0.132. The zero-order chi connectivity index (χ0) is 11.8. The third-order valence-electron chi connectivity index (χ3n) is 2.45. The van der Waals surface area contributed by atoms with Gasteiger partial charge in [0.05, 0.1) is 0 Å². The topological polar surface area (TPSA) is 37.8 Å². The van der Waals surface area contributed by atoms with E-state index in [0.717, 1.165) is 19.4 Å². The highest BCUT2D eigenvalue weighted by molar-refractivity contribution is 7.71. The molecule has 4 heteroatoms. The SMILES string of the molecule is C=CCCCCCCn1ccc(=O)[nH]c1=S. The number of H-pyrrole nitrogens is 1. The van der Waals surface area contributed by atoms with Crippen LogP contribution in [0.3, 0.4) is 0 Å². The van der Waals surface area contributed by atoms with E-state index < -0.39 is 0 Å². The van der Waals surface area contributed by atoms with Crippen molar-refractivity contribution in [1.29, 1.82) is 0 Å². The zero-order valence-electron chi connectivity index (χ0n) is 9.45. The van der Waals surface area contributed by atoms with Crippen LogP contribution in [-0.2, 0) is 6.54 Å². The van der Waals surface area contributed by atoms with Crippen molar-refractivity contribution in [3.8, 4) is 0 Å². The number of aromatic amines is 1. The van der Waals surface area contributed by atoms with E-state index in [1.807, 2.05) is 10.6 Å². The highest BCUT2D eigenvalue weighted by Crippen LogP contribution is 2.04. The molecule has 16 heavy (non-hydrogen) atoms. The van der Waals surface area contributed by atoms with Crippen LogP contribution in [0.15, 0.2) is 29.7 Å². The molecule has 0 atom stereocenters. The molecule has 0 aliphatic rings. The predicted molar refractivity (Wildman–Crippen MR) is 69.2 cm³/mol. The number of aryl methyl sites for hydroxylation is 1. The molecule has 1 aromatic heterocycles. The molecule has 1 aromatic rings. The Morgan fingerprint density at radius 3 is 2.81 bits per heavy atom. The normalized spacial score (nSPS) is 10.2. The maximum absolute atomic E-state index is 10.9. The predicted octanol–water partition coefficient (Wildman–Crippen LogP) is 3.04. The molecule has 0 radical (unpaired) electrons. The van der Waals surface area contributed by atoms with Crippen LogP contribution in [0.4, 0.5) is 0 Å². The van der Waals surface area contributed by atoms with Crippen LogP contribution in [0.1, 0.15) is 32.1 Å². The average molecular weight is 238 g/mol. The summed E-state index contributed by atoms with van der Waals surface area (Å²) >= 11 is 5.05. The van der Waals surface area contributed by atoms with Gasteiger partial charge in [-0.05, 0) is 31.5 Å². The second-order valence-electron chi connectivity index (χ2n) is 3.80. The van der Waals surface area contributed by atoms with E-state index in [0.29, 0.717) is 4.77 Å². The summed E-state index contributed by atoms with van der Waals surface area (Å²) in [6, 6.07) is 1.51. The van der Waals surface area contributed by atoms with E-state index in [9.17, 15) is 4.79 Å². The molecule has 0 aromatic carbocycles. The number of hydrogen-bond donors (Lipinski definition) is 1. The summed E-state index contributed by atoms with van der Waals surface area (Å²) in [5, 5.41) is 0. The van der Waals surface area contributed by atoms with Crippen LogP contribution in [0.25, 0.3) is 0 Å². The second-order valence-corrected chi connectivity index (χ2v) is 4.18. The number of nitrogens with one attached hydrogen (secondary N) is 1. The highest BCUT2D eigenvalue weighted by Gasteiger charge is 1.93. The van der Waals surface area contributed by atoms with Crippen LogP contribution in [0, 0.1) is 4.77 Å². The minimum absolute atomic E-state index is 0.132. The molecule has 88 valence electrons. The van der Waals surface area contributed by atoms with E-state index in [2.05, 4.69) is 11.6 Å². The van der Waals surface area contributed by atoms with Crippen LogP contribution >= 0.6 is 12.2 Å². The summed E-state index contributed by atoms with van der Waals surface area (Å²) < 4.78 is 2.42. The summed E-state index contributed by atoms with van der Waals surface area (Å²) in [6.45, 7) is 4.57. The van der Waals surface area contributed by atoms with Crippen LogP contribution in [0.2, 0.25) is 0 Å². The van der Waals surface area contributed by atoms with E-state index in [1.165, 1.54) is 25.3 Å². The number of unbranched alkanes of at least 4 members (excludes halogenated alkanes) is 4. The first-order chi connectivity index (χ1) is 7.74. The third-order valence-corrected chi connectivity index (χ3v) is 2.79. The Balaban J connectivity index is 2.29. The fourth-order valence-electron chi connectivity index (χ4n) is 1.54. The molecule has 0 saturated heterocycles. The third kappa shape index (κ3) is 4.57. The Morgan fingerprint density at radius 1 is 1.38 bits per heavy atom. The number of hydrogen-bond acceptors (Lipinski definition) is 2. The van der Waals surface area contributed by atoms with Gasteiger partial charge in [-0.25, -0.2) is 0 Å². The van der Waals surface area contributed by atoms with Crippen molar-refractivity contribution in [1.82, 2.24) is 9.55 Å². The lowest BCUT2D eigenvalue weighted by Crippen LogP contribution is -2.11. The second kappa shape index (κ2) is 7.17. The lowest BCUT2D eigenvalue weighted by atomic mass is 10.1. The van der Waals surface area contributed by atoms with Gasteiger partial charge in [-0.3, -0.25) is 9.78 Å². The van der Waals surface area contributed by atoms with Crippen molar-refractivity contribution >= 4 is 12.2 Å². The van der Waals surface area contributed by atoms with Gasteiger partial charge in [-0.1, -0.05) is 18.9 Å². The fraction of sp³-hybridized carbons (Fsp3) is 0.500. The fourth-order valence-corrected chi connectivity index (χ4v) is 1.80. The maximum atomic E-state index is 10.9. The summed E-state index contributed by atoms with van der Waals surface area (Å²) in [4.78, 5) is 13.6. The van der Waals surface area contributed by atoms with Gasteiger partial charge in [0, 0.05) is 18.8 Å². The molecule has 1 N–H and O–H groups in total. The van der Waals surface area contributed by atoms with Gasteiger partial charge in [0.1, 0.15) is 0 Å². The highest BCUT2D eigenvalue weighted by atomic mass is 32.1. The Hall–Kier alpha value is -1.16. The molecular weight excluding hydrogens is 220 g/mol. The lowest BCUT2D eigenvalue weighted by Gasteiger charge is -2.05. The Labute approximate surface area is 101 Å². The van der Waals surface area contributed by atoms with Gasteiger partial charge in [0.25, 0.3) is 5.56 Å². The smallest absolute Gasteiger partial charge is 0.251 e.